The fourth-order valence-electron chi connectivity index (χ4n) is 1.90. The number of nitrogens with zero attached hydrogens (tertiary/aromatic N) is 1. The van der Waals surface area contributed by atoms with Gasteiger partial charge in [-0.2, -0.15) is 5.26 Å². The van der Waals surface area contributed by atoms with E-state index in [0.717, 1.165) is 0 Å². The average Bonchev–Trinajstić information content (AvgIpc) is 2.72. The third-order valence-electron chi connectivity index (χ3n) is 2.88. The number of ether oxygens (including phenoxy) is 1. The lowest BCUT2D eigenvalue weighted by molar-refractivity contribution is 0.171. The third-order valence-corrected chi connectivity index (χ3v) is 3.12. The first-order valence-electron chi connectivity index (χ1n) is 5.08. The molecule has 0 aliphatic carbocycles. The van der Waals surface area contributed by atoms with E-state index in [9.17, 15) is 4.39 Å². The number of halogens is 2. The van der Waals surface area contributed by atoms with Crippen molar-refractivity contribution in [1.82, 2.24) is 0 Å². The van der Waals surface area contributed by atoms with Gasteiger partial charge in [-0.05, 0) is 30.5 Å². The second-order valence-electron chi connectivity index (χ2n) is 4.11. The SMILES string of the molecule is N#CC1(Cc2ccc(Cl)cc2F)CCOC1. The molecule has 2 rings (SSSR count). The lowest BCUT2D eigenvalue weighted by atomic mass is 9.82. The Labute approximate surface area is 98.6 Å². The van der Waals surface area contributed by atoms with Crippen LogP contribution < -0.4 is 0 Å². The Hall–Kier alpha value is -1.11. The van der Waals surface area contributed by atoms with Crippen LogP contribution in [0.4, 0.5) is 4.39 Å². The van der Waals surface area contributed by atoms with E-state index < -0.39 is 5.41 Å². The maximum atomic E-state index is 13.6. The smallest absolute Gasteiger partial charge is 0.127 e. The minimum atomic E-state index is -0.575. The van der Waals surface area contributed by atoms with E-state index in [0.29, 0.717) is 36.6 Å². The summed E-state index contributed by atoms with van der Waals surface area (Å²) in [6, 6.07) is 6.79. The summed E-state index contributed by atoms with van der Waals surface area (Å²) in [5.41, 5.74) is -0.0502. The number of hydrogen-bond acceptors (Lipinski definition) is 2. The largest absolute Gasteiger partial charge is 0.380 e. The second kappa shape index (κ2) is 4.40. The van der Waals surface area contributed by atoms with Crippen molar-refractivity contribution < 1.29 is 9.13 Å². The molecule has 1 atom stereocenters. The van der Waals surface area contributed by atoms with Gasteiger partial charge in [-0.15, -0.1) is 0 Å². The fraction of sp³-hybridized carbons (Fsp3) is 0.417. The van der Waals surface area contributed by atoms with Crippen LogP contribution in [0.15, 0.2) is 18.2 Å². The molecule has 0 spiro atoms. The number of hydrogen-bond donors (Lipinski definition) is 0. The molecule has 0 aromatic heterocycles. The molecule has 2 nitrogen and oxygen atoms in total. The van der Waals surface area contributed by atoms with E-state index in [1.807, 2.05) is 0 Å². The molecular weight excluding hydrogens is 229 g/mol. The Balaban J connectivity index is 2.23. The highest BCUT2D eigenvalue weighted by Gasteiger charge is 2.35. The van der Waals surface area contributed by atoms with Crippen molar-refractivity contribution in [3.8, 4) is 6.07 Å². The highest BCUT2D eigenvalue weighted by molar-refractivity contribution is 6.30. The molecule has 0 radical (unpaired) electrons. The highest BCUT2D eigenvalue weighted by atomic mass is 35.5. The maximum absolute atomic E-state index is 13.6. The predicted molar refractivity (Wildman–Crippen MR) is 58.6 cm³/mol. The molecule has 1 fully saturated rings. The van der Waals surface area contributed by atoms with Crippen LogP contribution in [0, 0.1) is 22.6 Å². The third kappa shape index (κ3) is 2.18. The van der Waals surface area contributed by atoms with Crippen LogP contribution in [0.5, 0.6) is 0 Å². The highest BCUT2D eigenvalue weighted by Crippen LogP contribution is 2.33. The predicted octanol–water partition coefficient (Wildman–Crippen LogP) is 2.95. The minimum absolute atomic E-state index is 0.353. The van der Waals surface area contributed by atoms with Crippen LogP contribution in [0.2, 0.25) is 5.02 Å². The zero-order chi connectivity index (χ0) is 11.6. The molecule has 1 unspecified atom stereocenters. The fourth-order valence-corrected chi connectivity index (χ4v) is 2.06. The average molecular weight is 240 g/mol. The van der Waals surface area contributed by atoms with E-state index in [-0.39, 0.29) is 5.82 Å². The summed E-state index contributed by atoms with van der Waals surface area (Å²) >= 11 is 5.67. The standard InChI is InChI=1S/C12H11ClFNO/c13-10-2-1-9(11(14)5-10)6-12(7-15)3-4-16-8-12/h1-2,5H,3-4,6,8H2. The first kappa shape index (κ1) is 11.4. The Bertz CT molecular complexity index is 435. The van der Waals surface area contributed by atoms with E-state index in [2.05, 4.69) is 6.07 Å². The van der Waals surface area contributed by atoms with Crippen molar-refractivity contribution in [2.75, 3.05) is 13.2 Å². The Morgan fingerprint density at radius 1 is 1.56 bits per heavy atom. The van der Waals surface area contributed by atoms with Gasteiger partial charge in [0.05, 0.1) is 18.1 Å². The van der Waals surface area contributed by atoms with Gasteiger partial charge in [-0.3, -0.25) is 0 Å². The van der Waals surface area contributed by atoms with Crippen molar-refractivity contribution in [3.63, 3.8) is 0 Å². The normalized spacial score (nSPS) is 24.3. The zero-order valence-electron chi connectivity index (χ0n) is 8.67. The summed E-state index contributed by atoms with van der Waals surface area (Å²) in [5.74, 6) is -0.353. The van der Waals surface area contributed by atoms with Crippen LogP contribution in [-0.4, -0.2) is 13.2 Å². The molecule has 84 valence electrons. The summed E-state index contributed by atoms with van der Waals surface area (Å²) in [5, 5.41) is 9.52. The van der Waals surface area contributed by atoms with Crippen molar-refractivity contribution in [3.05, 3.63) is 34.6 Å². The first-order chi connectivity index (χ1) is 7.65. The van der Waals surface area contributed by atoms with E-state index >= 15 is 0 Å². The lowest BCUT2D eigenvalue weighted by Gasteiger charge is -2.18. The number of nitriles is 1. The topological polar surface area (TPSA) is 33.0 Å². The summed E-state index contributed by atoms with van der Waals surface area (Å²) in [6.07, 6.45) is 1.04. The van der Waals surface area contributed by atoms with Crippen molar-refractivity contribution in [2.24, 2.45) is 5.41 Å². The van der Waals surface area contributed by atoms with Crippen molar-refractivity contribution >= 4 is 11.6 Å². The van der Waals surface area contributed by atoms with Gasteiger partial charge in [0.25, 0.3) is 0 Å². The van der Waals surface area contributed by atoms with Gasteiger partial charge in [-0.1, -0.05) is 17.7 Å². The van der Waals surface area contributed by atoms with Crippen LogP contribution in [-0.2, 0) is 11.2 Å². The van der Waals surface area contributed by atoms with E-state index in [4.69, 9.17) is 21.6 Å². The monoisotopic (exact) mass is 239 g/mol. The van der Waals surface area contributed by atoms with Gasteiger partial charge in [-0.25, -0.2) is 4.39 Å². The molecule has 0 N–H and O–H groups in total. The van der Waals surface area contributed by atoms with E-state index in [1.165, 1.54) is 6.07 Å². The van der Waals surface area contributed by atoms with E-state index in [1.54, 1.807) is 12.1 Å². The maximum Gasteiger partial charge on any atom is 0.127 e. The van der Waals surface area contributed by atoms with Gasteiger partial charge in [0.2, 0.25) is 0 Å². The second-order valence-corrected chi connectivity index (χ2v) is 4.54. The molecule has 0 saturated carbocycles. The molecule has 4 heteroatoms. The Kier molecular flexibility index (Phi) is 3.13. The van der Waals surface area contributed by atoms with Gasteiger partial charge in [0.1, 0.15) is 5.82 Å². The molecule has 16 heavy (non-hydrogen) atoms. The summed E-state index contributed by atoms with van der Waals surface area (Å²) < 4.78 is 18.8. The lowest BCUT2D eigenvalue weighted by Crippen LogP contribution is -2.22. The molecule has 0 bridgehead atoms. The molecule has 1 saturated heterocycles. The van der Waals surface area contributed by atoms with Gasteiger partial charge in [0, 0.05) is 11.6 Å². The number of benzene rings is 1. The molecule has 1 heterocycles. The summed E-state index contributed by atoms with van der Waals surface area (Å²) in [7, 11) is 0. The van der Waals surface area contributed by atoms with Crippen LogP contribution in [0.3, 0.4) is 0 Å². The van der Waals surface area contributed by atoms with Crippen LogP contribution in [0.1, 0.15) is 12.0 Å². The summed E-state index contributed by atoms with van der Waals surface area (Å²) in [6.45, 7) is 0.953. The van der Waals surface area contributed by atoms with Gasteiger partial charge >= 0.3 is 0 Å². The van der Waals surface area contributed by atoms with Gasteiger partial charge < -0.3 is 4.74 Å². The van der Waals surface area contributed by atoms with Crippen LogP contribution in [0.25, 0.3) is 0 Å². The minimum Gasteiger partial charge on any atom is -0.380 e. The van der Waals surface area contributed by atoms with Crippen LogP contribution >= 0.6 is 11.6 Å². The Morgan fingerprint density at radius 3 is 2.94 bits per heavy atom. The van der Waals surface area contributed by atoms with Crippen molar-refractivity contribution in [2.45, 2.75) is 12.8 Å². The zero-order valence-corrected chi connectivity index (χ0v) is 9.43. The summed E-state index contributed by atoms with van der Waals surface area (Å²) in [4.78, 5) is 0. The molecule has 0 amide bonds. The van der Waals surface area contributed by atoms with Gasteiger partial charge in [0.15, 0.2) is 0 Å². The molecule has 1 aliphatic heterocycles. The van der Waals surface area contributed by atoms with Crippen molar-refractivity contribution in [1.29, 1.82) is 5.26 Å². The first-order valence-corrected chi connectivity index (χ1v) is 5.46. The molecule has 1 aromatic rings. The Morgan fingerprint density at radius 2 is 2.38 bits per heavy atom. The quantitative estimate of drug-likeness (QED) is 0.795. The molecular formula is C12H11ClFNO. The number of rotatable bonds is 2. The molecule has 1 aliphatic rings. The molecule has 1 aromatic carbocycles.